The Kier molecular flexibility index (Phi) is 6.78. The van der Waals surface area contributed by atoms with E-state index in [9.17, 15) is 13.2 Å². The minimum absolute atomic E-state index is 0.175. The van der Waals surface area contributed by atoms with Crippen molar-refractivity contribution in [3.05, 3.63) is 0 Å². The van der Waals surface area contributed by atoms with Crippen molar-refractivity contribution in [3.63, 3.8) is 0 Å². The minimum atomic E-state index is -4.21. The summed E-state index contributed by atoms with van der Waals surface area (Å²) in [6, 6.07) is 0. The van der Waals surface area contributed by atoms with Crippen LogP contribution in [0.3, 0.4) is 0 Å². The van der Waals surface area contributed by atoms with Crippen LogP contribution in [0.1, 0.15) is 26.7 Å². The first-order chi connectivity index (χ1) is 6.37. The number of ether oxygens (including phenoxy) is 1. The SMILES string of the molecule is CCC(CCOCC(F)(F)F)C(C)Br. The van der Waals surface area contributed by atoms with Gasteiger partial charge in [-0.05, 0) is 12.3 Å². The van der Waals surface area contributed by atoms with Crippen LogP contribution in [0.25, 0.3) is 0 Å². The van der Waals surface area contributed by atoms with Gasteiger partial charge in [0, 0.05) is 11.4 Å². The molecule has 0 aromatic rings. The van der Waals surface area contributed by atoms with Gasteiger partial charge in [0.15, 0.2) is 0 Å². The Labute approximate surface area is 91.1 Å². The molecule has 0 rings (SSSR count). The molecule has 86 valence electrons. The van der Waals surface area contributed by atoms with Gasteiger partial charge in [-0.25, -0.2) is 0 Å². The van der Waals surface area contributed by atoms with Gasteiger partial charge in [0.25, 0.3) is 0 Å². The standard InChI is InChI=1S/C9H16BrF3O/c1-3-8(7(2)10)4-5-14-6-9(11,12)13/h7-8H,3-6H2,1-2H3. The third-order valence-electron chi connectivity index (χ3n) is 2.07. The molecule has 0 aliphatic rings. The van der Waals surface area contributed by atoms with Crippen molar-refractivity contribution in [2.75, 3.05) is 13.2 Å². The third-order valence-corrected chi connectivity index (χ3v) is 2.82. The maximum Gasteiger partial charge on any atom is 0.411 e. The van der Waals surface area contributed by atoms with Crippen LogP contribution in [0, 0.1) is 5.92 Å². The molecule has 0 heterocycles. The molecule has 0 saturated heterocycles. The minimum Gasteiger partial charge on any atom is -0.372 e. The highest BCUT2D eigenvalue weighted by atomic mass is 79.9. The lowest BCUT2D eigenvalue weighted by atomic mass is 10.0. The van der Waals surface area contributed by atoms with E-state index in [1.165, 1.54) is 0 Å². The van der Waals surface area contributed by atoms with Gasteiger partial charge in [-0.2, -0.15) is 13.2 Å². The Morgan fingerprint density at radius 1 is 1.36 bits per heavy atom. The lowest BCUT2D eigenvalue weighted by molar-refractivity contribution is -0.174. The highest BCUT2D eigenvalue weighted by Crippen LogP contribution is 2.20. The van der Waals surface area contributed by atoms with Crippen LogP contribution >= 0.6 is 15.9 Å². The van der Waals surface area contributed by atoms with Crippen molar-refractivity contribution in [1.29, 1.82) is 0 Å². The van der Waals surface area contributed by atoms with Gasteiger partial charge in [0.2, 0.25) is 0 Å². The van der Waals surface area contributed by atoms with E-state index in [0.717, 1.165) is 6.42 Å². The Balaban J connectivity index is 3.52. The molecular formula is C9H16BrF3O. The number of hydrogen-bond donors (Lipinski definition) is 0. The topological polar surface area (TPSA) is 9.23 Å². The lowest BCUT2D eigenvalue weighted by Crippen LogP contribution is -2.19. The molecule has 0 saturated carbocycles. The predicted octanol–water partition coefficient (Wildman–Crippen LogP) is 3.77. The normalized spacial score (nSPS) is 16.7. The van der Waals surface area contributed by atoms with Gasteiger partial charge < -0.3 is 4.74 Å². The average molecular weight is 277 g/mol. The van der Waals surface area contributed by atoms with Crippen molar-refractivity contribution in [3.8, 4) is 0 Å². The van der Waals surface area contributed by atoms with Crippen molar-refractivity contribution in [2.24, 2.45) is 5.92 Å². The van der Waals surface area contributed by atoms with Crippen LogP contribution in [0.15, 0.2) is 0 Å². The van der Waals surface area contributed by atoms with Gasteiger partial charge in [-0.1, -0.05) is 36.2 Å². The summed E-state index contributed by atoms with van der Waals surface area (Å²) in [7, 11) is 0. The molecule has 0 radical (unpaired) electrons. The molecule has 0 aliphatic carbocycles. The number of halogens is 4. The maximum atomic E-state index is 11.7. The van der Waals surface area contributed by atoms with E-state index in [1.807, 2.05) is 13.8 Å². The van der Waals surface area contributed by atoms with E-state index in [0.29, 0.717) is 17.2 Å². The molecule has 2 atom stereocenters. The molecule has 0 aromatic carbocycles. The van der Waals surface area contributed by atoms with Gasteiger partial charge in [0.1, 0.15) is 6.61 Å². The molecule has 1 nitrogen and oxygen atoms in total. The van der Waals surface area contributed by atoms with Gasteiger partial charge in [0.05, 0.1) is 0 Å². The molecule has 0 spiro atoms. The van der Waals surface area contributed by atoms with E-state index in [2.05, 4.69) is 20.7 Å². The Hall–Kier alpha value is 0.230. The molecule has 0 N–H and O–H groups in total. The summed E-state index contributed by atoms with van der Waals surface area (Å²) < 4.78 is 39.6. The quantitative estimate of drug-likeness (QED) is 0.530. The van der Waals surface area contributed by atoms with Crippen LogP contribution < -0.4 is 0 Å². The fourth-order valence-electron chi connectivity index (χ4n) is 1.18. The number of rotatable bonds is 6. The summed E-state index contributed by atoms with van der Waals surface area (Å²) in [5.74, 6) is 0.378. The lowest BCUT2D eigenvalue weighted by Gasteiger charge is -2.17. The first-order valence-corrected chi connectivity index (χ1v) is 5.57. The molecule has 0 fully saturated rings. The molecule has 0 amide bonds. The second-order valence-corrected chi connectivity index (χ2v) is 4.75. The summed E-state index contributed by atoms with van der Waals surface area (Å²) in [4.78, 5) is 0.321. The zero-order valence-corrected chi connectivity index (χ0v) is 9.99. The first kappa shape index (κ1) is 14.2. The van der Waals surface area contributed by atoms with Crippen LogP contribution in [-0.4, -0.2) is 24.2 Å². The fourth-order valence-corrected chi connectivity index (χ4v) is 1.82. The number of hydrogen-bond acceptors (Lipinski definition) is 1. The van der Waals surface area contributed by atoms with E-state index in [1.54, 1.807) is 0 Å². The maximum absolute atomic E-state index is 11.7. The monoisotopic (exact) mass is 276 g/mol. The Morgan fingerprint density at radius 2 is 1.93 bits per heavy atom. The van der Waals surface area contributed by atoms with Crippen molar-refractivity contribution in [2.45, 2.75) is 37.7 Å². The molecule has 14 heavy (non-hydrogen) atoms. The van der Waals surface area contributed by atoms with Gasteiger partial charge in [-0.15, -0.1) is 0 Å². The summed E-state index contributed by atoms with van der Waals surface area (Å²) in [6.45, 7) is 3.05. The van der Waals surface area contributed by atoms with Crippen molar-refractivity contribution >= 4 is 15.9 Å². The van der Waals surface area contributed by atoms with E-state index in [4.69, 9.17) is 0 Å². The van der Waals surface area contributed by atoms with Crippen LogP contribution in [0.2, 0.25) is 0 Å². The third kappa shape index (κ3) is 7.62. The molecule has 0 aromatic heterocycles. The van der Waals surface area contributed by atoms with Crippen molar-refractivity contribution in [1.82, 2.24) is 0 Å². The van der Waals surface area contributed by atoms with Gasteiger partial charge >= 0.3 is 6.18 Å². The van der Waals surface area contributed by atoms with Gasteiger partial charge in [-0.3, -0.25) is 0 Å². The van der Waals surface area contributed by atoms with E-state index >= 15 is 0 Å². The largest absolute Gasteiger partial charge is 0.411 e. The second-order valence-electron chi connectivity index (χ2n) is 3.30. The molecule has 5 heteroatoms. The van der Waals surface area contributed by atoms with Crippen molar-refractivity contribution < 1.29 is 17.9 Å². The number of alkyl halides is 4. The molecular weight excluding hydrogens is 261 g/mol. The first-order valence-electron chi connectivity index (χ1n) is 4.65. The summed E-state index contributed by atoms with van der Waals surface area (Å²) >= 11 is 3.41. The van der Waals surface area contributed by atoms with E-state index < -0.39 is 12.8 Å². The zero-order valence-electron chi connectivity index (χ0n) is 8.40. The summed E-state index contributed by atoms with van der Waals surface area (Å²) in [5, 5.41) is 0. The second kappa shape index (κ2) is 6.67. The van der Waals surface area contributed by atoms with Crippen LogP contribution in [-0.2, 0) is 4.74 Å². The fraction of sp³-hybridized carbons (Fsp3) is 1.00. The average Bonchev–Trinajstić information content (AvgIpc) is 2.01. The molecule has 2 unspecified atom stereocenters. The Morgan fingerprint density at radius 3 is 2.29 bits per heavy atom. The summed E-state index contributed by atoms with van der Waals surface area (Å²) in [5.41, 5.74) is 0. The highest BCUT2D eigenvalue weighted by molar-refractivity contribution is 9.09. The molecule has 0 aliphatic heterocycles. The summed E-state index contributed by atoms with van der Waals surface area (Å²) in [6.07, 6.45) is -2.59. The zero-order chi connectivity index (χ0) is 11.2. The molecule has 0 bridgehead atoms. The van der Waals surface area contributed by atoms with E-state index in [-0.39, 0.29) is 6.61 Å². The van der Waals surface area contributed by atoms with Crippen LogP contribution in [0.5, 0.6) is 0 Å². The Bertz CT molecular complexity index is 147. The smallest absolute Gasteiger partial charge is 0.372 e. The predicted molar refractivity (Wildman–Crippen MR) is 53.7 cm³/mol. The highest BCUT2D eigenvalue weighted by Gasteiger charge is 2.27. The van der Waals surface area contributed by atoms with Crippen LogP contribution in [0.4, 0.5) is 13.2 Å².